The fourth-order valence-electron chi connectivity index (χ4n) is 1.60. The van der Waals surface area contributed by atoms with Crippen LogP contribution in [0.15, 0.2) is 53.2 Å². The van der Waals surface area contributed by atoms with Crippen LogP contribution in [0.4, 0.5) is 0 Å². The zero-order valence-corrected chi connectivity index (χ0v) is 11.1. The Morgan fingerprint density at radius 3 is 2.45 bits per heavy atom. The highest BCUT2D eigenvalue weighted by atomic mass is 16.7. The van der Waals surface area contributed by atoms with Crippen molar-refractivity contribution >= 4 is 17.5 Å². The van der Waals surface area contributed by atoms with Crippen LogP contribution in [0.1, 0.15) is 17.3 Å². The maximum atomic E-state index is 11.8. The molecule has 1 aliphatic carbocycles. The molecule has 0 heterocycles. The second kappa shape index (κ2) is 5.97. The molecule has 5 heteroatoms. The van der Waals surface area contributed by atoms with E-state index in [1.165, 1.54) is 18.2 Å². The van der Waals surface area contributed by atoms with Crippen LogP contribution in [0, 0.1) is 0 Å². The molecule has 0 saturated carbocycles. The molecule has 0 aromatic heterocycles. The quantitative estimate of drug-likeness (QED) is 0.480. The van der Waals surface area contributed by atoms with E-state index in [2.05, 4.69) is 5.16 Å². The van der Waals surface area contributed by atoms with Gasteiger partial charge in [0.15, 0.2) is 5.78 Å². The zero-order valence-electron chi connectivity index (χ0n) is 11.1. The summed E-state index contributed by atoms with van der Waals surface area (Å²) in [5.41, 5.74) is 1.47. The Morgan fingerprint density at radius 2 is 1.85 bits per heavy atom. The van der Waals surface area contributed by atoms with Crippen molar-refractivity contribution in [2.45, 2.75) is 6.92 Å². The van der Waals surface area contributed by atoms with Crippen LogP contribution in [0.25, 0.3) is 0 Å². The summed E-state index contributed by atoms with van der Waals surface area (Å²) in [5, 5.41) is 3.75. The van der Waals surface area contributed by atoms with Crippen LogP contribution in [0.3, 0.4) is 0 Å². The molecule has 0 radical (unpaired) electrons. The van der Waals surface area contributed by atoms with Crippen molar-refractivity contribution in [3.05, 3.63) is 53.6 Å². The molecule has 1 aliphatic rings. The number of benzene rings is 1. The van der Waals surface area contributed by atoms with E-state index in [9.17, 15) is 9.59 Å². The van der Waals surface area contributed by atoms with Crippen molar-refractivity contribution in [2.24, 2.45) is 5.16 Å². The summed E-state index contributed by atoms with van der Waals surface area (Å²) < 4.78 is 5.00. The molecular formula is C15H13NO4. The number of allylic oxidation sites excluding steroid dienone is 4. The van der Waals surface area contributed by atoms with E-state index >= 15 is 0 Å². The number of rotatable bonds is 3. The van der Waals surface area contributed by atoms with E-state index in [1.807, 2.05) is 0 Å². The fraction of sp³-hybridized carbons (Fsp3) is 0.133. The van der Waals surface area contributed by atoms with Crippen molar-refractivity contribution in [2.75, 3.05) is 7.11 Å². The lowest BCUT2D eigenvalue weighted by Gasteiger charge is -2.05. The molecule has 0 aliphatic heterocycles. The largest absolute Gasteiger partial charge is 0.497 e. The number of carbonyl (C=O) groups is 2. The molecule has 0 atom stereocenters. The maximum Gasteiger partial charge on any atom is 0.365 e. The number of methoxy groups -OCH3 is 1. The Morgan fingerprint density at radius 1 is 1.15 bits per heavy atom. The first-order chi connectivity index (χ1) is 9.60. The predicted molar refractivity (Wildman–Crippen MR) is 73.7 cm³/mol. The second-order valence-electron chi connectivity index (χ2n) is 4.15. The lowest BCUT2D eigenvalue weighted by Crippen LogP contribution is -2.08. The topological polar surface area (TPSA) is 65.0 Å². The molecule has 5 nitrogen and oxygen atoms in total. The first-order valence-electron chi connectivity index (χ1n) is 5.94. The summed E-state index contributed by atoms with van der Waals surface area (Å²) in [6.45, 7) is 1.72. The van der Waals surface area contributed by atoms with Crippen molar-refractivity contribution in [1.29, 1.82) is 0 Å². The standard InChI is InChI=1S/C15H13NO4/c1-10-9-12(17)5-8-14(10)16-20-15(18)11-3-6-13(19-2)7-4-11/h3-9H,1-2H3/b16-14-. The smallest absolute Gasteiger partial charge is 0.365 e. The van der Waals surface area contributed by atoms with E-state index < -0.39 is 5.97 Å². The third-order valence-electron chi connectivity index (χ3n) is 2.72. The summed E-state index contributed by atoms with van der Waals surface area (Å²) in [6, 6.07) is 6.50. The molecule has 0 unspecified atom stereocenters. The fourth-order valence-corrected chi connectivity index (χ4v) is 1.60. The van der Waals surface area contributed by atoms with E-state index in [1.54, 1.807) is 38.3 Å². The van der Waals surface area contributed by atoms with E-state index in [-0.39, 0.29) is 5.78 Å². The second-order valence-corrected chi connectivity index (χ2v) is 4.15. The van der Waals surface area contributed by atoms with Gasteiger partial charge in [-0.15, -0.1) is 0 Å². The van der Waals surface area contributed by atoms with Crippen LogP contribution in [-0.2, 0) is 9.63 Å². The Bertz CT molecular complexity index is 624. The Labute approximate surface area is 116 Å². The first kappa shape index (κ1) is 13.7. The van der Waals surface area contributed by atoms with Gasteiger partial charge in [-0.3, -0.25) is 4.79 Å². The van der Waals surface area contributed by atoms with Crippen molar-refractivity contribution in [1.82, 2.24) is 0 Å². The normalized spacial score (nSPS) is 16.0. The van der Waals surface area contributed by atoms with Crippen molar-refractivity contribution in [3.8, 4) is 5.75 Å². The van der Waals surface area contributed by atoms with Crippen molar-refractivity contribution in [3.63, 3.8) is 0 Å². The molecule has 0 spiro atoms. The van der Waals surface area contributed by atoms with Gasteiger partial charge in [-0.1, -0.05) is 5.16 Å². The van der Waals surface area contributed by atoms with Crippen LogP contribution in [0.2, 0.25) is 0 Å². The molecule has 0 bridgehead atoms. The van der Waals surface area contributed by atoms with Gasteiger partial charge in [0.2, 0.25) is 0 Å². The Hall–Kier alpha value is -2.69. The van der Waals surface area contributed by atoms with Crippen LogP contribution in [-0.4, -0.2) is 24.6 Å². The first-order valence-corrected chi connectivity index (χ1v) is 5.94. The molecule has 0 fully saturated rings. The van der Waals surface area contributed by atoms with Gasteiger partial charge in [-0.25, -0.2) is 4.79 Å². The number of oxime groups is 1. The zero-order chi connectivity index (χ0) is 14.5. The van der Waals surface area contributed by atoms with E-state index in [0.29, 0.717) is 22.6 Å². The molecule has 1 aromatic rings. The SMILES string of the molecule is COc1ccc(C(=O)O/N=C2/C=CC(=O)C=C2C)cc1. The minimum Gasteiger partial charge on any atom is -0.497 e. The molecular weight excluding hydrogens is 258 g/mol. The van der Waals surface area contributed by atoms with Gasteiger partial charge in [-0.05, 0) is 55.0 Å². The Kier molecular flexibility index (Phi) is 4.10. The lowest BCUT2D eigenvalue weighted by molar-refractivity contribution is -0.110. The molecule has 2 rings (SSSR count). The highest BCUT2D eigenvalue weighted by Crippen LogP contribution is 2.13. The number of carbonyl (C=O) groups excluding carboxylic acids is 2. The van der Waals surface area contributed by atoms with Gasteiger partial charge in [0.05, 0.1) is 12.7 Å². The molecule has 20 heavy (non-hydrogen) atoms. The lowest BCUT2D eigenvalue weighted by atomic mass is 10.1. The maximum absolute atomic E-state index is 11.8. The highest BCUT2D eigenvalue weighted by molar-refractivity contribution is 6.19. The van der Waals surface area contributed by atoms with E-state index in [4.69, 9.17) is 9.57 Å². The molecule has 0 saturated heterocycles. The predicted octanol–water partition coefficient (Wildman–Crippen LogP) is 2.29. The van der Waals surface area contributed by atoms with Gasteiger partial charge in [-0.2, -0.15) is 0 Å². The van der Waals surface area contributed by atoms with Crippen LogP contribution in [0.5, 0.6) is 5.75 Å². The highest BCUT2D eigenvalue weighted by Gasteiger charge is 2.11. The third-order valence-corrected chi connectivity index (χ3v) is 2.72. The van der Waals surface area contributed by atoms with Gasteiger partial charge < -0.3 is 9.57 Å². The summed E-state index contributed by atoms with van der Waals surface area (Å²) in [5.74, 6) is -0.0263. The third kappa shape index (κ3) is 3.20. The van der Waals surface area contributed by atoms with Gasteiger partial charge >= 0.3 is 5.97 Å². The molecule has 1 aromatic carbocycles. The Balaban J connectivity index is 2.06. The van der Waals surface area contributed by atoms with Gasteiger partial charge in [0.1, 0.15) is 11.5 Å². The van der Waals surface area contributed by atoms with Crippen molar-refractivity contribution < 1.29 is 19.2 Å². The minimum absolute atomic E-state index is 0.108. The average molecular weight is 271 g/mol. The summed E-state index contributed by atoms with van der Waals surface area (Å²) >= 11 is 0. The summed E-state index contributed by atoms with van der Waals surface area (Å²) in [4.78, 5) is 27.7. The number of nitrogens with zero attached hydrogens (tertiary/aromatic N) is 1. The number of hydrogen-bond donors (Lipinski definition) is 0. The summed E-state index contributed by atoms with van der Waals surface area (Å²) in [6.07, 6.45) is 4.31. The molecule has 102 valence electrons. The minimum atomic E-state index is -0.571. The summed E-state index contributed by atoms with van der Waals surface area (Å²) in [7, 11) is 1.55. The molecule has 0 N–H and O–H groups in total. The number of ketones is 1. The molecule has 0 amide bonds. The van der Waals surface area contributed by atoms with Gasteiger partial charge in [0, 0.05) is 0 Å². The number of ether oxygens (including phenoxy) is 1. The number of hydrogen-bond acceptors (Lipinski definition) is 5. The van der Waals surface area contributed by atoms with Crippen LogP contribution < -0.4 is 4.74 Å². The monoisotopic (exact) mass is 271 g/mol. The van der Waals surface area contributed by atoms with E-state index in [0.717, 1.165) is 0 Å². The van der Waals surface area contributed by atoms with Crippen LogP contribution >= 0.6 is 0 Å². The van der Waals surface area contributed by atoms with Gasteiger partial charge in [0.25, 0.3) is 0 Å². The average Bonchev–Trinajstić information content (AvgIpc) is 2.46.